The van der Waals surface area contributed by atoms with Crippen LogP contribution in [0, 0.1) is 0 Å². The molecular weight excluding hydrogens is 306 g/mol. The molecule has 1 fully saturated rings. The van der Waals surface area contributed by atoms with Crippen LogP contribution in [0.2, 0.25) is 0 Å². The van der Waals surface area contributed by atoms with Crippen LogP contribution in [0.3, 0.4) is 0 Å². The summed E-state index contributed by atoms with van der Waals surface area (Å²) in [5, 5.41) is 5.81. The first kappa shape index (κ1) is 14.5. The molecule has 1 aromatic carbocycles. The summed E-state index contributed by atoms with van der Waals surface area (Å²) in [5.41, 5.74) is 1.50. The van der Waals surface area contributed by atoms with Gasteiger partial charge in [0.05, 0.1) is 6.20 Å². The van der Waals surface area contributed by atoms with Gasteiger partial charge in [-0.25, -0.2) is 18.5 Å². The molecule has 1 aliphatic rings. The number of rotatable bonds is 5. The second kappa shape index (κ2) is 5.08. The van der Waals surface area contributed by atoms with Crippen molar-refractivity contribution in [1.82, 2.24) is 4.98 Å². The minimum absolute atomic E-state index is 0.105. The van der Waals surface area contributed by atoms with Gasteiger partial charge in [-0.15, -0.1) is 0 Å². The number of hydrogen-bond donors (Lipinski definition) is 1. The van der Waals surface area contributed by atoms with Gasteiger partial charge in [0.1, 0.15) is 0 Å². The Morgan fingerprint density at radius 3 is 2.52 bits per heavy atom. The van der Waals surface area contributed by atoms with Crippen molar-refractivity contribution in [2.45, 2.75) is 22.5 Å². The van der Waals surface area contributed by atoms with Crippen molar-refractivity contribution in [3.63, 3.8) is 0 Å². The lowest BCUT2D eigenvalue weighted by molar-refractivity contribution is 0.599. The Morgan fingerprint density at radius 2 is 2.00 bits per heavy atom. The third kappa shape index (κ3) is 2.95. The molecule has 2 aromatic rings. The molecule has 3 rings (SSSR count). The van der Waals surface area contributed by atoms with Gasteiger partial charge in [0.25, 0.3) is 0 Å². The van der Waals surface area contributed by atoms with E-state index in [1.807, 2.05) is 18.0 Å². The fourth-order valence-electron chi connectivity index (χ4n) is 2.56. The predicted molar refractivity (Wildman–Crippen MR) is 84.1 cm³/mol. The molecule has 0 radical (unpaired) electrons. The van der Waals surface area contributed by atoms with Crippen LogP contribution in [-0.4, -0.2) is 27.0 Å². The average Bonchev–Trinajstić information content (AvgIpc) is 3.03. The van der Waals surface area contributed by atoms with Crippen molar-refractivity contribution in [3.05, 3.63) is 42.1 Å². The number of likely N-dealkylation sites (N-methyl/N-ethyl adjacent to an activating group) is 1. The maximum absolute atomic E-state index is 11.3. The minimum Gasteiger partial charge on any atom is -0.350 e. The largest absolute Gasteiger partial charge is 0.350 e. The van der Waals surface area contributed by atoms with E-state index in [4.69, 9.17) is 5.14 Å². The molecule has 7 heteroatoms. The highest BCUT2D eigenvalue weighted by atomic mass is 32.2. The number of thiazole rings is 1. The van der Waals surface area contributed by atoms with Gasteiger partial charge >= 0.3 is 0 Å². The molecule has 1 heterocycles. The van der Waals surface area contributed by atoms with Gasteiger partial charge in [-0.1, -0.05) is 41.7 Å². The third-order valence-electron chi connectivity index (χ3n) is 3.86. The summed E-state index contributed by atoms with van der Waals surface area (Å²) in [7, 11) is -1.73. The van der Waals surface area contributed by atoms with Gasteiger partial charge in [0.15, 0.2) is 9.34 Å². The van der Waals surface area contributed by atoms with Crippen LogP contribution >= 0.6 is 11.3 Å². The van der Waals surface area contributed by atoms with Crippen LogP contribution in [0.1, 0.15) is 18.4 Å². The molecule has 1 saturated carbocycles. The summed E-state index contributed by atoms with van der Waals surface area (Å²) >= 11 is 1.11. The summed E-state index contributed by atoms with van der Waals surface area (Å²) in [6, 6.07) is 10.4. The molecule has 0 atom stereocenters. The van der Waals surface area contributed by atoms with Crippen LogP contribution in [0.4, 0.5) is 5.13 Å². The summed E-state index contributed by atoms with van der Waals surface area (Å²) in [6.07, 6.45) is 3.62. The highest BCUT2D eigenvalue weighted by molar-refractivity contribution is 7.91. The maximum atomic E-state index is 11.3. The van der Waals surface area contributed by atoms with E-state index in [1.54, 1.807) is 0 Å². The fourth-order valence-corrected chi connectivity index (χ4v) is 4.06. The van der Waals surface area contributed by atoms with Crippen LogP contribution < -0.4 is 10.0 Å². The topological polar surface area (TPSA) is 76.3 Å². The van der Waals surface area contributed by atoms with Gasteiger partial charge in [-0.3, -0.25) is 0 Å². The molecule has 112 valence electrons. The summed E-state index contributed by atoms with van der Waals surface area (Å²) in [5.74, 6) is 0. The standard InChI is InChI=1S/C14H17N3O2S2/c1-17(13-16-9-12(20-13)21(15,18)19)10-14(7-8-14)11-5-3-2-4-6-11/h2-6,9H,7-8,10H2,1H3,(H2,15,18,19). The molecule has 0 amide bonds. The molecule has 0 unspecified atom stereocenters. The summed E-state index contributed by atoms with van der Waals surface area (Å²) in [4.78, 5) is 6.19. The van der Waals surface area contributed by atoms with Crippen molar-refractivity contribution >= 4 is 26.5 Å². The normalized spacial score (nSPS) is 16.7. The Bertz CT molecular complexity index is 737. The lowest BCUT2D eigenvalue weighted by Gasteiger charge is -2.23. The molecule has 0 saturated heterocycles. The van der Waals surface area contributed by atoms with Gasteiger partial charge in [-0.2, -0.15) is 0 Å². The highest BCUT2D eigenvalue weighted by Crippen LogP contribution is 2.49. The number of hydrogen-bond acceptors (Lipinski definition) is 5. The van der Waals surface area contributed by atoms with E-state index in [0.29, 0.717) is 5.13 Å². The van der Waals surface area contributed by atoms with E-state index in [9.17, 15) is 8.42 Å². The minimum atomic E-state index is -3.67. The van der Waals surface area contributed by atoms with Gasteiger partial charge < -0.3 is 4.90 Å². The zero-order chi connectivity index (χ0) is 15.1. The summed E-state index contributed by atoms with van der Waals surface area (Å²) < 4.78 is 22.7. The highest BCUT2D eigenvalue weighted by Gasteiger charge is 2.45. The Morgan fingerprint density at radius 1 is 1.33 bits per heavy atom. The lowest BCUT2D eigenvalue weighted by Crippen LogP contribution is -2.29. The van der Waals surface area contributed by atoms with E-state index >= 15 is 0 Å². The van der Waals surface area contributed by atoms with Gasteiger partial charge in [0, 0.05) is 19.0 Å². The number of nitrogens with zero attached hydrogens (tertiary/aromatic N) is 2. The van der Waals surface area contributed by atoms with E-state index < -0.39 is 10.0 Å². The van der Waals surface area contributed by atoms with Crippen LogP contribution in [0.5, 0.6) is 0 Å². The number of sulfonamides is 1. The zero-order valence-electron chi connectivity index (χ0n) is 11.7. The van der Waals surface area contributed by atoms with Gasteiger partial charge in [-0.05, 0) is 18.4 Å². The van der Waals surface area contributed by atoms with E-state index in [1.165, 1.54) is 11.8 Å². The Balaban J connectivity index is 1.78. The number of nitrogens with two attached hydrogens (primary N) is 1. The van der Waals surface area contributed by atoms with Crippen LogP contribution in [-0.2, 0) is 15.4 Å². The SMILES string of the molecule is CN(CC1(c2ccccc2)CC1)c1ncc(S(N)(=O)=O)s1. The average molecular weight is 323 g/mol. The molecule has 1 aliphatic carbocycles. The summed E-state index contributed by atoms with van der Waals surface area (Å²) in [6.45, 7) is 0.828. The Labute approximate surface area is 128 Å². The second-order valence-electron chi connectivity index (χ2n) is 5.51. The molecule has 0 spiro atoms. The van der Waals surface area contributed by atoms with Crippen LogP contribution in [0.15, 0.2) is 40.7 Å². The monoisotopic (exact) mass is 323 g/mol. The number of benzene rings is 1. The Hall–Kier alpha value is -1.44. The first-order chi connectivity index (χ1) is 9.91. The molecule has 2 N–H and O–H groups in total. The quantitative estimate of drug-likeness (QED) is 0.912. The van der Waals surface area contributed by atoms with Crippen LogP contribution in [0.25, 0.3) is 0 Å². The molecular formula is C14H17N3O2S2. The molecule has 1 aromatic heterocycles. The maximum Gasteiger partial charge on any atom is 0.249 e. The second-order valence-corrected chi connectivity index (χ2v) is 8.31. The predicted octanol–water partition coefficient (Wildman–Crippen LogP) is 1.96. The fraction of sp³-hybridized carbons (Fsp3) is 0.357. The molecule has 0 bridgehead atoms. The van der Waals surface area contributed by atoms with Crippen molar-refractivity contribution in [3.8, 4) is 0 Å². The van der Waals surface area contributed by atoms with Crippen molar-refractivity contribution < 1.29 is 8.42 Å². The van der Waals surface area contributed by atoms with Gasteiger partial charge in [0.2, 0.25) is 10.0 Å². The number of aromatic nitrogens is 1. The van der Waals surface area contributed by atoms with E-state index in [-0.39, 0.29) is 9.62 Å². The first-order valence-electron chi connectivity index (χ1n) is 6.66. The first-order valence-corrected chi connectivity index (χ1v) is 9.02. The third-order valence-corrected chi connectivity index (χ3v) is 6.38. The molecule has 0 aliphatic heterocycles. The van der Waals surface area contributed by atoms with E-state index in [0.717, 1.165) is 30.7 Å². The van der Waals surface area contributed by atoms with Crippen molar-refractivity contribution in [2.75, 3.05) is 18.5 Å². The Kier molecular flexibility index (Phi) is 3.51. The lowest BCUT2D eigenvalue weighted by atomic mass is 9.96. The smallest absolute Gasteiger partial charge is 0.249 e. The molecule has 21 heavy (non-hydrogen) atoms. The number of anilines is 1. The number of primary sulfonamides is 1. The molecule has 5 nitrogen and oxygen atoms in total. The van der Waals surface area contributed by atoms with Crippen molar-refractivity contribution in [2.24, 2.45) is 5.14 Å². The zero-order valence-corrected chi connectivity index (χ0v) is 13.3. The van der Waals surface area contributed by atoms with E-state index in [2.05, 4.69) is 29.2 Å². The van der Waals surface area contributed by atoms with Crippen molar-refractivity contribution in [1.29, 1.82) is 0 Å².